The molecule has 0 aliphatic carbocycles. The highest BCUT2D eigenvalue weighted by molar-refractivity contribution is 7.12. The molecular weight excluding hydrogens is 346 g/mol. The van der Waals surface area contributed by atoms with Crippen molar-refractivity contribution in [2.24, 2.45) is 0 Å². The van der Waals surface area contributed by atoms with E-state index in [1.165, 1.54) is 11.3 Å². The minimum Gasteiger partial charge on any atom is -0.349 e. The number of hydrogen-bond donors (Lipinski definition) is 3. The van der Waals surface area contributed by atoms with Crippen molar-refractivity contribution in [3.8, 4) is 0 Å². The van der Waals surface area contributed by atoms with Crippen LogP contribution in [-0.2, 0) is 0 Å². The van der Waals surface area contributed by atoms with E-state index in [2.05, 4.69) is 16.0 Å². The predicted octanol–water partition coefficient (Wildman–Crippen LogP) is 3.14. The van der Waals surface area contributed by atoms with Crippen LogP contribution in [0.4, 0.5) is 5.69 Å². The zero-order valence-corrected chi connectivity index (χ0v) is 14.5. The van der Waals surface area contributed by atoms with E-state index in [0.29, 0.717) is 21.2 Å². The molecule has 1 aliphatic heterocycles. The van der Waals surface area contributed by atoms with Crippen molar-refractivity contribution in [2.45, 2.75) is 18.9 Å². The Bertz CT molecular complexity index is 727. The highest BCUT2D eigenvalue weighted by Gasteiger charge is 2.18. The summed E-state index contributed by atoms with van der Waals surface area (Å²) >= 11 is 7.50. The van der Waals surface area contributed by atoms with Gasteiger partial charge in [0, 0.05) is 11.6 Å². The Morgan fingerprint density at radius 1 is 1.17 bits per heavy atom. The van der Waals surface area contributed by atoms with E-state index in [-0.39, 0.29) is 17.9 Å². The van der Waals surface area contributed by atoms with Gasteiger partial charge in [-0.05, 0) is 55.6 Å². The summed E-state index contributed by atoms with van der Waals surface area (Å²) in [7, 11) is 0. The molecule has 3 N–H and O–H groups in total. The van der Waals surface area contributed by atoms with Crippen LogP contribution in [0.5, 0.6) is 0 Å². The van der Waals surface area contributed by atoms with E-state index in [9.17, 15) is 9.59 Å². The molecule has 0 radical (unpaired) electrons. The standard InChI is InChI=1S/C17H18ClN3O2S/c18-13-4-3-11(16(22)20-12-5-7-19-8-6-12)10-14(13)21-17(23)15-2-1-9-24-15/h1-4,9-10,12,19H,5-8H2,(H,20,22)(H,21,23). The second kappa shape index (κ2) is 7.79. The fourth-order valence-electron chi connectivity index (χ4n) is 2.59. The fraction of sp³-hybridized carbons (Fsp3) is 0.294. The van der Waals surface area contributed by atoms with Gasteiger partial charge in [0.05, 0.1) is 15.6 Å². The molecule has 0 bridgehead atoms. The van der Waals surface area contributed by atoms with Gasteiger partial charge in [-0.15, -0.1) is 11.3 Å². The molecule has 1 saturated heterocycles. The summed E-state index contributed by atoms with van der Waals surface area (Å²) < 4.78 is 0. The van der Waals surface area contributed by atoms with Crippen molar-refractivity contribution in [1.82, 2.24) is 10.6 Å². The number of carbonyl (C=O) groups excluding carboxylic acids is 2. The first-order valence-electron chi connectivity index (χ1n) is 7.79. The van der Waals surface area contributed by atoms with Gasteiger partial charge in [0.25, 0.3) is 11.8 Å². The minimum atomic E-state index is -0.234. The summed E-state index contributed by atoms with van der Waals surface area (Å²) in [6.07, 6.45) is 1.84. The van der Waals surface area contributed by atoms with E-state index < -0.39 is 0 Å². The zero-order chi connectivity index (χ0) is 16.9. The molecule has 1 aromatic heterocycles. The molecule has 3 rings (SSSR count). The third-order valence-electron chi connectivity index (χ3n) is 3.90. The highest BCUT2D eigenvalue weighted by atomic mass is 35.5. The summed E-state index contributed by atoms with van der Waals surface area (Å²) in [5.41, 5.74) is 0.924. The first-order chi connectivity index (χ1) is 11.6. The van der Waals surface area contributed by atoms with Gasteiger partial charge < -0.3 is 16.0 Å². The second-order valence-corrected chi connectivity index (χ2v) is 6.98. The van der Waals surface area contributed by atoms with E-state index in [4.69, 9.17) is 11.6 Å². The van der Waals surface area contributed by atoms with Gasteiger partial charge >= 0.3 is 0 Å². The number of piperidine rings is 1. The van der Waals surface area contributed by atoms with Crippen LogP contribution >= 0.6 is 22.9 Å². The van der Waals surface area contributed by atoms with Gasteiger partial charge in [-0.1, -0.05) is 17.7 Å². The first-order valence-corrected chi connectivity index (χ1v) is 9.05. The molecule has 0 spiro atoms. The van der Waals surface area contributed by atoms with Crippen molar-refractivity contribution in [3.05, 3.63) is 51.2 Å². The number of nitrogens with one attached hydrogen (secondary N) is 3. The van der Waals surface area contributed by atoms with Crippen molar-refractivity contribution in [2.75, 3.05) is 18.4 Å². The summed E-state index contributed by atoms with van der Waals surface area (Å²) in [6, 6.07) is 8.64. The molecule has 5 nitrogen and oxygen atoms in total. The maximum absolute atomic E-state index is 12.4. The topological polar surface area (TPSA) is 70.2 Å². The van der Waals surface area contributed by atoms with Crippen LogP contribution in [-0.4, -0.2) is 30.9 Å². The van der Waals surface area contributed by atoms with Crippen LogP contribution in [0.3, 0.4) is 0 Å². The molecule has 0 unspecified atom stereocenters. The highest BCUT2D eigenvalue weighted by Crippen LogP contribution is 2.24. The normalized spacial score (nSPS) is 15.0. The largest absolute Gasteiger partial charge is 0.349 e. The predicted molar refractivity (Wildman–Crippen MR) is 97.1 cm³/mol. The summed E-state index contributed by atoms with van der Waals surface area (Å²) in [5.74, 6) is -0.381. The van der Waals surface area contributed by atoms with Gasteiger partial charge in [0.1, 0.15) is 0 Å². The first kappa shape index (κ1) is 17.0. The number of rotatable bonds is 4. The monoisotopic (exact) mass is 363 g/mol. The Morgan fingerprint density at radius 2 is 1.96 bits per heavy atom. The van der Waals surface area contributed by atoms with Gasteiger partial charge in [-0.2, -0.15) is 0 Å². The van der Waals surface area contributed by atoms with Crippen molar-refractivity contribution >= 4 is 40.4 Å². The molecule has 2 heterocycles. The Balaban J connectivity index is 1.70. The molecule has 0 saturated carbocycles. The minimum absolute atomic E-state index is 0.148. The smallest absolute Gasteiger partial charge is 0.265 e. The molecule has 1 aliphatic rings. The molecule has 0 atom stereocenters. The quantitative estimate of drug-likeness (QED) is 0.781. The molecule has 24 heavy (non-hydrogen) atoms. The molecule has 2 aromatic rings. The average molecular weight is 364 g/mol. The van der Waals surface area contributed by atoms with Gasteiger partial charge in [-0.3, -0.25) is 9.59 Å². The number of thiophene rings is 1. The number of amides is 2. The maximum Gasteiger partial charge on any atom is 0.265 e. The number of anilines is 1. The Kier molecular flexibility index (Phi) is 5.50. The molecular formula is C17H18ClN3O2S. The molecule has 2 amide bonds. The third-order valence-corrected chi connectivity index (χ3v) is 5.09. The average Bonchev–Trinajstić information content (AvgIpc) is 3.12. The maximum atomic E-state index is 12.4. The van der Waals surface area contributed by atoms with E-state index in [1.54, 1.807) is 24.3 Å². The number of hydrogen-bond acceptors (Lipinski definition) is 4. The van der Waals surface area contributed by atoms with Crippen molar-refractivity contribution in [3.63, 3.8) is 0 Å². The molecule has 1 fully saturated rings. The lowest BCUT2D eigenvalue weighted by Crippen LogP contribution is -2.42. The van der Waals surface area contributed by atoms with E-state index in [1.807, 2.05) is 11.4 Å². The lowest BCUT2D eigenvalue weighted by atomic mass is 10.1. The lowest BCUT2D eigenvalue weighted by molar-refractivity contribution is 0.0928. The zero-order valence-electron chi connectivity index (χ0n) is 13.0. The lowest BCUT2D eigenvalue weighted by Gasteiger charge is -2.23. The molecule has 7 heteroatoms. The summed E-state index contributed by atoms with van der Waals surface area (Å²) in [5, 5.41) is 11.3. The van der Waals surface area contributed by atoms with E-state index >= 15 is 0 Å². The third kappa shape index (κ3) is 4.14. The Hall–Kier alpha value is -1.89. The number of carbonyl (C=O) groups is 2. The molecule has 1 aromatic carbocycles. The van der Waals surface area contributed by atoms with Gasteiger partial charge in [0.2, 0.25) is 0 Å². The van der Waals surface area contributed by atoms with Gasteiger partial charge in [0.15, 0.2) is 0 Å². The Morgan fingerprint density at radius 3 is 2.67 bits per heavy atom. The summed E-state index contributed by atoms with van der Waals surface area (Å²) in [6.45, 7) is 1.82. The van der Waals surface area contributed by atoms with Crippen LogP contribution in [0.25, 0.3) is 0 Å². The van der Waals surface area contributed by atoms with Crippen LogP contribution in [0, 0.1) is 0 Å². The van der Waals surface area contributed by atoms with Crippen molar-refractivity contribution in [1.29, 1.82) is 0 Å². The SMILES string of the molecule is O=C(NC1CCNCC1)c1ccc(Cl)c(NC(=O)c2cccs2)c1. The van der Waals surface area contributed by atoms with Gasteiger partial charge in [-0.25, -0.2) is 0 Å². The summed E-state index contributed by atoms with van der Waals surface area (Å²) in [4.78, 5) is 25.2. The molecule has 126 valence electrons. The van der Waals surface area contributed by atoms with Crippen LogP contribution in [0.15, 0.2) is 35.7 Å². The van der Waals surface area contributed by atoms with Crippen LogP contribution in [0.2, 0.25) is 5.02 Å². The fourth-order valence-corrected chi connectivity index (χ4v) is 3.37. The van der Waals surface area contributed by atoms with Crippen LogP contribution < -0.4 is 16.0 Å². The van der Waals surface area contributed by atoms with E-state index in [0.717, 1.165) is 25.9 Å². The van der Waals surface area contributed by atoms with Crippen molar-refractivity contribution < 1.29 is 9.59 Å². The Labute approximate surface area is 149 Å². The number of halogens is 1. The van der Waals surface area contributed by atoms with Crippen LogP contribution in [0.1, 0.15) is 32.9 Å². The second-order valence-electron chi connectivity index (χ2n) is 5.62. The number of benzene rings is 1.